The molecule has 170 valence electrons. The quantitative estimate of drug-likeness (QED) is 0.469. The van der Waals surface area contributed by atoms with Gasteiger partial charge in [-0.25, -0.2) is 4.79 Å². The first-order chi connectivity index (χ1) is 15.2. The van der Waals surface area contributed by atoms with Gasteiger partial charge in [0, 0.05) is 12.0 Å². The summed E-state index contributed by atoms with van der Waals surface area (Å²) in [5, 5.41) is 2.63. The maximum atomic E-state index is 12.9. The van der Waals surface area contributed by atoms with Gasteiger partial charge in [-0.15, -0.1) is 0 Å². The highest BCUT2D eigenvalue weighted by molar-refractivity contribution is 7.80. The summed E-state index contributed by atoms with van der Waals surface area (Å²) in [6.07, 6.45) is -0.396. The molecule has 0 aliphatic carbocycles. The number of nitrogens with one attached hydrogen (secondary N) is 3. The number of amides is 2. The lowest BCUT2D eigenvalue weighted by atomic mass is 10.1. The van der Waals surface area contributed by atoms with Crippen LogP contribution in [0.15, 0.2) is 48.5 Å². The van der Waals surface area contributed by atoms with E-state index in [-0.39, 0.29) is 6.42 Å². The molecule has 3 rings (SSSR count). The third-order valence-corrected chi connectivity index (χ3v) is 4.73. The van der Waals surface area contributed by atoms with Crippen molar-refractivity contribution in [3.63, 3.8) is 0 Å². The van der Waals surface area contributed by atoms with E-state index in [2.05, 4.69) is 16.2 Å². The van der Waals surface area contributed by atoms with E-state index < -0.39 is 23.6 Å². The van der Waals surface area contributed by atoms with Crippen LogP contribution < -0.4 is 25.6 Å². The van der Waals surface area contributed by atoms with Crippen molar-refractivity contribution in [3.05, 3.63) is 59.7 Å². The zero-order valence-corrected chi connectivity index (χ0v) is 19.1. The van der Waals surface area contributed by atoms with Gasteiger partial charge in [0.25, 0.3) is 5.91 Å². The standard InChI is InChI=1S/C23H27N3O5S/c1-23(2,3)31-22(28)24-17(13-15-7-5-4-6-8-15)20(27)25-26-21(32)16-9-10-18-19(14-16)30-12-11-29-18/h4-10,14,17H,11-13H2,1-3H3,(H,24,28)(H,25,27)(H,26,32). The first-order valence-electron chi connectivity index (χ1n) is 10.2. The van der Waals surface area contributed by atoms with E-state index >= 15 is 0 Å². The molecule has 0 bridgehead atoms. The molecule has 0 radical (unpaired) electrons. The number of hydrogen-bond acceptors (Lipinski definition) is 6. The van der Waals surface area contributed by atoms with Crippen LogP contribution in [0.3, 0.4) is 0 Å². The van der Waals surface area contributed by atoms with Crippen LogP contribution in [0, 0.1) is 0 Å². The molecule has 0 fully saturated rings. The largest absolute Gasteiger partial charge is 0.486 e. The van der Waals surface area contributed by atoms with Crippen molar-refractivity contribution < 1.29 is 23.8 Å². The van der Waals surface area contributed by atoms with Gasteiger partial charge < -0.3 is 19.5 Å². The Bertz CT molecular complexity index is 975. The molecule has 0 saturated carbocycles. The van der Waals surface area contributed by atoms with E-state index in [0.717, 1.165) is 5.56 Å². The van der Waals surface area contributed by atoms with Gasteiger partial charge in [0.05, 0.1) is 0 Å². The number of carbonyl (C=O) groups excluding carboxylic acids is 2. The van der Waals surface area contributed by atoms with Crippen molar-refractivity contribution in [1.29, 1.82) is 0 Å². The van der Waals surface area contributed by atoms with Gasteiger partial charge in [-0.2, -0.15) is 0 Å². The van der Waals surface area contributed by atoms with Gasteiger partial charge in [-0.3, -0.25) is 15.6 Å². The van der Waals surface area contributed by atoms with Crippen LogP contribution in [0.25, 0.3) is 0 Å². The summed E-state index contributed by atoms with van der Waals surface area (Å²) in [6, 6.07) is 13.8. The average Bonchev–Trinajstić information content (AvgIpc) is 2.76. The molecular formula is C23H27N3O5S. The summed E-state index contributed by atoms with van der Waals surface area (Å²) in [5.41, 5.74) is 6.17. The second-order valence-corrected chi connectivity index (χ2v) is 8.60. The monoisotopic (exact) mass is 457 g/mol. The molecule has 1 aliphatic rings. The molecule has 8 nitrogen and oxygen atoms in total. The number of fused-ring (bicyclic) bond motifs is 1. The molecule has 2 amide bonds. The fraction of sp³-hybridized carbons (Fsp3) is 0.348. The second-order valence-electron chi connectivity index (χ2n) is 8.19. The number of hydrazine groups is 1. The summed E-state index contributed by atoms with van der Waals surface area (Å²) < 4.78 is 16.4. The minimum absolute atomic E-state index is 0.282. The van der Waals surface area contributed by atoms with Crippen molar-refractivity contribution in [2.45, 2.75) is 38.8 Å². The van der Waals surface area contributed by atoms with E-state index in [9.17, 15) is 9.59 Å². The summed E-state index contributed by atoms with van der Waals surface area (Å²) in [5.74, 6) is 0.786. The third kappa shape index (κ3) is 6.84. The molecule has 2 aromatic rings. The van der Waals surface area contributed by atoms with Crippen molar-refractivity contribution in [2.24, 2.45) is 0 Å². The fourth-order valence-corrected chi connectivity index (χ4v) is 3.15. The van der Waals surface area contributed by atoms with Gasteiger partial charge in [-0.05, 0) is 44.5 Å². The number of rotatable bonds is 5. The Morgan fingerprint density at radius 1 is 1.03 bits per heavy atom. The highest BCUT2D eigenvalue weighted by atomic mass is 32.1. The highest BCUT2D eigenvalue weighted by Gasteiger charge is 2.25. The maximum Gasteiger partial charge on any atom is 0.408 e. The molecule has 3 N–H and O–H groups in total. The molecule has 32 heavy (non-hydrogen) atoms. The molecule has 0 aromatic heterocycles. The zero-order chi connectivity index (χ0) is 23.1. The van der Waals surface area contributed by atoms with E-state index in [4.69, 9.17) is 26.4 Å². The molecule has 9 heteroatoms. The van der Waals surface area contributed by atoms with Crippen molar-refractivity contribution in [3.8, 4) is 11.5 Å². The Morgan fingerprint density at radius 2 is 1.72 bits per heavy atom. The number of thiocarbonyl (C=S) groups is 1. The average molecular weight is 458 g/mol. The summed E-state index contributed by atoms with van der Waals surface area (Å²) in [6.45, 7) is 6.23. The lowest BCUT2D eigenvalue weighted by Gasteiger charge is -2.24. The topological polar surface area (TPSA) is 97.9 Å². The third-order valence-electron chi connectivity index (χ3n) is 4.39. The fourth-order valence-electron chi connectivity index (χ4n) is 2.97. The number of carbonyl (C=O) groups is 2. The molecular weight excluding hydrogens is 430 g/mol. The Balaban J connectivity index is 1.64. The number of hydrogen-bond donors (Lipinski definition) is 3. The van der Waals surface area contributed by atoms with Crippen molar-refractivity contribution >= 4 is 29.2 Å². The minimum Gasteiger partial charge on any atom is -0.486 e. The molecule has 1 aliphatic heterocycles. The Labute approximate surface area is 192 Å². The van der Waals surface area contributed by atoms with E-state index in [1.165, 1.54) is 0 Å². The van der Waals surface area contributed by atoms with Gasteiger partial charge in [0.2, 0.25) is 0 Å². The van der Waals surface area contributed by atoms with E-state index in [1.807, 2.05) is 30.3 Å². The van der Waals surface area contributed by atoms with E-state index in [0.29, 0.717) is 35.3 Å². The lowest BCUT2D eigenvalue weighted by Crippen LogP contribution is -2.53. The summed E-state index contributed by atoms with van der Waals surface area (Å²) >= 11 is 5.39. The number of ether oxygens (including phenoxy) is 3. The SMILES string of the molecule is CC(C)(C)OC(=O)NC(Cc1ccccc1)C(=O)NNC(=S)c1ccc2c(c1)OCCO2. The lowest BCUT2D eigenvalue weighted by molar-refractivity contribution is -0.123. The smallest absolute Gasteiger partial charge is 0.408 e. The first kappa shape index (κ1) is 23.3. The zero-order valence-electron chi connectivity index (χ0n) is 18.3. The van der Waals surface area contributed by atoms with Crippen molar-refractivity contribution in [2.75, 3.05) is 13.2 Å². The van der Waals surface area contributed by atoms with Gasteiger partial charge in [-0.1, -0.05) is 42.5 Å². The molecule has 2 aromatic carbocycles. The van der Waals surface area contributed by atoms with Gasteiger partial charge >= 0.3 is 6.09 Å². The van der Waals surface area contributed by atoms with Crippen LogP contribution in [0.4, 0.5) is 4.79 Å². The molecule has 1 heterocycles. The van der Waals surface area contributed by atoms with Crippen LogP contribution >= 0.6 is 12.2 Å². The van der Waals surface area contributed by atoms with Crippen molar-refractivity contribution in [1.82, 2.24) is 16.2 Å². The van der Waals surface area contributed by atoms with Gasteiger partial charge in [0.1, 0.15) is 29.8 Å². The molecule has 0 saturated heterocycles. The molecule has 1 unspecified atom stereocenters. The second kappa shape index (κ2) is 10.3. The van der Waals surface area contributed by atoms with E-state index in [1.54, 1.807) is 39.0 Å². The predicted octanol–water partition coefficient (Wildman–Crippen LogP) is 2.89. The van der Waals surface area contributed by atoms with Gasteiger partial charge in [0.15, 0.2) is 11.5 Å². The normalized spacial score (nSPS) is 13.5. The summed E-state index contributed by atoms with van der Waals surface area (Å²) in [4.78, 5) is 25.4. The van der Waals surface area contributed by atoms with Crippen LogP contribution in [-0.2, 0) is 16.0 Å². The Hall–Kier alpha value is -3.33. The maximum absolute atomic E-state index is 12.9. The highest BCUT2D eigenvalue weighted by Crippen LogP contribution is 2.30. The number of alkyl carbamates (subject to hydrolysis) is 1. The van der Waals surface area contributed by atoms with Crippen LogP contribution in [0.2, 0.25) is 0 Å². The van der Waals surface area contributed by atoms with Crippen LogP contribution in [-0.4, -0.2) is 41.8 Å². The minimum atomic E-state index is -0.872. The molecule has 1 atom stereocenters. The molecule has 0 spiro atoms. The Morgan fingerprint density at radius 3 is 2.41 bits per heavy atom. The predicted molar refractivity (Wildman–Crippen MR) is 124 cm³/mol. The van der Waals surface area contributed by atoms with Crippen LogP contribution in [0.5, 0.6) is 11.5 Å². The summed E-state index contributed by atoms with van der Waals surface area (Å²) in [7, 11) is 0. The Kier molecular flexibility index (Phi) is 7.53. The number of benzene rings is 2. The first-order valence-corrected chi connectivity index (χ1v) is 10.7. The van der Waals surface area contributed by atoms with Crippen LogP contribution in [0.1, 0.15) is 31.9 Å².